The molecule has 18 heavy (non-hydrogen) atoms. The van der Waals surface area contributed by atoms with Gasteiger partial charge in [0.25, 0.3) is 0 Å². The number of nitrogens with zero attached hydrogens (tertiary/aromatic N) is 2. The highest BCUT2D eigenvalue weighted by Crippen LogP contribution is 2.18. The highest BCUT2D eigenvalue weighted by Gasteiger charge is 2.20. The van der Waals surface area contributed by atoms with Gasteiger partial charge in [-0.3, -0.25) is 4.90 Å². The van der Waals surface area contributed by atoms with Gasteiger partial charge in [-0.05, 0) is 52.6 Å². The minimum absolute atomic E-state index is 0.723. The maximum Gasteiger partial charge on any atom is 0.0113 e. The highest BCUT2D eigenvalue weighted by molar-refractivity contribution is 4.80. The van der Waals surface area contributed by atoms with Gasteiger partial charge >= 0.3 is 0 Å². The molecule has 1 heterocycles. The van der Waals surface area contributed by atoms with E-state index in [1.807, 2.05) is 0 Å². The lowest BCUT2D eigenvalue weighted by Gasteiger charge is -2.36. The minimum Gasteiger partial charge on any atom is -0.314 e. The number of nitrogens with one attached hydrogen (secondary N) is 1. The van der Waals surface area contributed by atoms with Crippen molar-refractivity contribution in [3.63, 3.8) is 0 Å². The Labute approximate surface area is 113 Å². The predicted octanol–water partition coefficient (Wildman–Crippen LogP) is 1.93. The Kier molecular flexibility index (Phi) is 5.93. The van der Waals surface area contributed by atoms with Crippen LogP contribution in [0, 0.1) is 0 Å². The van der Waals surface area contributed by atoms with Crippen molar-refractivity contribution in [3.8, 4) is 0 Å². The molecule has 3 heteroatoms. The summed E-state index contributed by atoms with van der Waals surface area (Å²) in [6.45, 7) is 12.3. The summed E-state index contributed by atoms with van der Waals surface area (Å²) in [5.74, 6) is 0. The van der Waals surface area contributed by atoms with Crippen LogP contribution in [0.5, 0.6) is 0 Å². The van der Waals surface area contributed by atoms with Crippen molar-refractivity contribution in [2.75, 3.05) is 39.3 Å². The molecule has 2 rings (SSSR count). The Morgan fingerprint density at radius 3 is 2.33 bits per heavy atom. The van der Waals surface area contributed by atoms with Crippen molar-refractivity contribution >= 4 is 0 Å². The number of rotatable bonds is 8. The average Bonchev–Trinajstić information content (AvgIpc) is 3.18. The lowest BCUT2D eigenvalue weighted by Crippen LogP contribution is -2.48. The van der Waals surface area contributed by atoms with E-state index in [1.54, 1.807) is 0 Å². The fraction of sp³-hybridized carbons (Fsp3) is 1.00. The third-order valence-corrected chi connectivity index (χ3v) is 4.30. The van der Waals surface area contributed by atoms with E-state index < -0.39 is 0 Å². The molecule has 0 aromatic rings. The summed E-state index contributed by atoms with van der Waals surface area (Å²) in [5.41, 5.74) is 0. The Morgan fingerprint density at radius 2 is 1.72 bits per heavy atom. The van der Waals surface area contributed by atoms with Crippen LogP contribution in [-0.2, 0) is 0 Å². The Hall–Kier alpha value is -0.120. The van der Waals surface area contributed by atoms with Gasteiger partial charge in [-0.2, -0.15) is 0 Å². The zero-order valence-electron chi connectivity index (χ0n) is 12.3. The first-order valence-electron chi connectivity index (χ1n) is 7.95. The van der Waals surface area contributed by atoms with Crippen LogP contribution in [0.4, 0.5) is 0 Å². The van der Waals surface area contributed by atoms with Crippen LogP contribution in [-0.4, -0.2) is 61.2 Å². The third-order valence-electron chi connectivity index (χ3n) is 4.30. The van der Waals surface area contributed by atoms with E-state index in [0.29, 0.717) is 0 Å². The summed E-state index contributed by atoms with van der Waals surface area (Å²) in [6.07, 6.45) is 6.97. The van der Waals surface area contributed by atoms with Crippen LogP contribution in [0.2, 0.25) is 0 Å². The van der Waals surface area contributed by atoms with Gasteiger partial charge in [0.15, 0.2) is 0 Å². The SMILES string of the molecule is CC(C)N1CCN(CCCCCNC2CC2)CC1. The zero-order valence-corrected chi connectivity index (χ0v) is 12.3. The van der Waals surface area contributed by atoms with Gasteiger partial charge in [-0.1, -0.05) is 6.42 Å². The first-order valence-corrected chi connectivity index (χ1v) is 7.95. The number of unbranched alkanes of at least 4 members (excludes halogenated alkanes) is 2. The van der Waals surface area contributed by atoms with Gasteiger partial charge < -0.3 is 10.2 Å². The fourth-order valence-electron chi connectivity index (χ4n) is 2.73. The average molecular weight is 253 g/mol. The summed E-state index contributed by atoms with van der Waals surface area (Å²) in [4.78, 5) is 5.24. The minimum atomic E-state index is 0.723. The van der Waals surface area contributed by atoms with Crippen molar-refractivity contribution in [1.29, 1.82) is 0 Å². The molecule has 0 unspecified atom stereocenters. The van der Waals surface area contributed by atoms with E-state index in [4.69, 9.17) is 0 Å². The molecule has 0 bridgehead atoms. The van der Waals surface area contributed by atoms with Gasteiger partial charge in [-0.15, -0.1) is 0 Å². The van der Waals surface area contributed by atoms with E-state index in [1.165, 1.54) is 71.4 Å². The molecule has 1 aliphatic carbocycles. The summed E-state index contributed by atoms with van der Waals surface area (Å²) in [7, 11) is 0. The molecule has 0 atom stereocenters. The molecule has 1 saturated heterocycles. The largest absolute Gasteiger partial charge is 0.314 e. The van der Waals surface area contributed by atoms with Crippen LogP contribution in [0.15, 0.2) is 0 Å². The van der Waals surface area contributed by atoms with Gasteiger partial charge in [0.1, 0.15) is 0 Å². The van der Waals surface area contributed by atoms with Crippen LogP contribution in [0.25, 0.3) is 0 Å². The van der Waals surface area contributed by atoms with Crippen molar-refractivity contribution < 1.29 is 0 Å². The van der Waals surface area contributed by atoms with Crippen molar-refractivity contribution in [2.45, 2.75) is 58.0 Å². The molecule has 1 aliphatic heterocycles. The smallest absolute Gasteiger partial charge is 0.0113 e. The van der Waals surface area contributed by atoms with E-state index in [0.717, 1.165) is 12.1 Å². The molecule has 106 valence electrons. The van der Waals surface area contributed by atoms with E-state index >= 15 is 0 Å². The zero-order chi connectivity index (χ0) is 12.8. The van der Waals surface area contributed by atoms with Crippen LogP contribution >= 0.6 is 0 Å². The van der Waals surface area contributed by atoms with E-state index in [-0.39, 0.29) is 0 Å². The first kappa shape index (κ1) is 14.3. The molecule has 2 aliphatic rings. The monoisotopic (exact) mass is 253 g/mol. The second kappa shape index (κ2) is 7.46. The Balaban J connectivity index is 1.42. The molecule has 0 aromatic carbocycles. The molecule has 0 radical (unpaired) electrons. The summed E-state index contributed by atoms with van der Waals surface area (Å²) >= 11 is 0. The van der Waals surface area contributed by atoms with Gasteiger partial charge in [-0.25, -0.2) is 0 Å². The van der Waals surface area contributed by atoms with Crippen molar-refractivity contribution in [3.05, 3.63) is 0 Å². The van der Waals surface area contributed by atoms with Crippen LogP contribution < -0.4 is 5.32 Å². The first-order chi connectivity index (χ1) is 8.75. The summed E-state index contributed by atoms with van der Waals surface area (Å²) in [6, 6.07) is 1.61. The molecule has 0 amide bonds. The lowest BCUT2D eigenvalue weighted by molar-refractivity contribution is 0.107. The Bertz CT molecular complexity index is 218. The molecule has 0 aromatic heterocycles. The van der Waals surface area contributed by atoms with Crippen molar-refractivity contribution in [1.82, 2.24) is 15.1 Å². The fourth-order valence-corrected chi connectivity index (χ4v) is 2.73. The second-order valence-electron chi connectivity index (χ2n) is 6.26. The third kappa shape index (κ3) is 5.25. The lowest BCUT2D eigenvalue weighted by atomic mass is 10.2. The molecule has 3 nitrogen and oxygen atoms in total. The molecule has 1 saturated carbocycles. The topological polar surface area (TPSA) is 18.5 Å². The van der Waals surface area contributed by atoms with Gasteiger partial charge in [0, 0.05) is 38.3 Å². The molecule has 2 fully saturated rings. The highest BCUT2D eigenvalue weighted by atomic mass is 15.3. The Morgan fingerprint density at radius 1 is 1.00 bits per heavy atom. The van der Waals surface area contributed by atoms with Crippen LogP contribution in [0.1, 0.15) is 46.0 Å². The molecular formula is C15H31N3. The number of piperazine rings is 1. The molecular weight excluding hydrogens is 222 g/mol. The van der Waals surface area contributed by atoms with Gasteiger partial charge in [0.2, 0.25) is 0 Å². The standard InChI is InChI=1S/C15H31N3/c1-14(2)18-12-10-17(11-13-18)9-5-3-4-8-16-15-6-7-15/h14-16H,3-13H2,1-2H3. The predicted molar refractivity (Wildman–Crippen MR) is 78.0 cm³/mol. The van der Waals surface area contributed by atoms with E-state index in [2.05, 4.69) is 29.0 Å². The maximum atomic E-state index is 3.59. The summed E-state index contributed by atoms with van der Waals surface area (Å²) < 4.78 is 0. The molecule has 1 N–H and O–H groups in total. The van der Waals surface area contributed by atoms with E-state index in [9.17, 15) is 0 Å². The van der Waals surface area contributed by atoms with Gasteiger partial charge in [0.05, 0.1) is 0 Å². The second-order valence-corrected chi connectivity index (χ2v) is 6.26. The number of hydrogen-bond donors (Lipinski definition) is 1. The quantitative estimate of drug-likeness (QED) is 0.667. The van der Waals surface area contributed by atoms with Crippen molar-refractivity contribution in [2.24, 2.45) is 0 Å². The normalized spacial score (nSPS) is 22.8. The maximum absolute atomic E-state index is 3.59. The molecule has 0 spiro atoms. The number of hydrogen-bond acceptors (Lipinski definition) is 3. The van der Waals surface area contributed by atoms with Crippen LogP contribution in [0.3, 0.4) is 0 Å². The summed E-state index contributed by atoms with van der Waals surface area (Å²) in [5, 5.41) is 3.59.